The molecular formula is C25H36N2O5. The summed E-state index contributed by atoms with van der Waals surface area (Å²) in [5.41, 5.74) is 1.22. The van der Waals surface area contributed by atoms with Crippen LogP contribution in [0.1, 0.15) is 58.4 Å². The number of benzene rings is 1. The van der Waals surface area contributed by atoms with Crippen molar-refractivity contribution in [1.82, 2.24) is 10.2 Å². The number of amides is 1. The van der Waals surface area contributed by atoms with Gasteiger partial charge in [-0.2, -0.15) is 0 Å². The van der Waals surface area contributed by atoms with Gasteiger partial charge in [-0.25, -0.2) is 9.59 Å². The number of hydrogen-bond donors (Lipinski definition) is 2. The number of likely N-dealkylation sites (tertiary alicyclic amines) is 1. The predicted molar refractivity (Wildman–Crippen MR) is 124 cm³/mol. The molecule has 0 aromatic heterocycles. The van der Waals surface area contributed by atoms with E-state index in [9.17, 15) is 14.4 Å². The Balaban J connectivity index is 1.99. The summed E-state index contributed by atoms with van der Waals surface area (Å²) in [7, 11) is 2.15. The summed E-state index contributed by atoms with van der Waals surface area (Å²) >= 11 is 0. The van der Waals surface area contributed by atoms with Crippen LogP contribution in [0.25, 0.3) is 0 Å². The second-order valence-corrected chi connectivity index (χ2v) is 9.01. The number of carbonyl (C=O) groups excluding carboxylic acids is 2. The van der Waals surface area contributed by atoms with Crippen LogP contribution in [0.15, 0.2) is 36.4 Å². The molecule has 1 aromatic rings. The lowest BCUT2D eigenvalue weighted by Crippen LogP contribution is -2.44. The molecule has 1 amide bonds. The molecule has 1 unspecified atom stereocenters. The normalized spacial score (nSPS) is 20.7. The van der Waals surface area contributed by atoms with Crippen molar-refractivity contribution in [2.75, 3.05) is 20.1 Å². The summed E-state index contributed by atoms with van der Waals surface area (Å²) in [6, 6.07) is 6.76. The zero-order valence-electron chi connectivity index (χ0n) is 19.6. The first kappa shape index (κ1) is 25.6. The van der Waals surface area contributed by atoms with Crippen LogP contribution < -0.4 is 10.1 Å². The fourth-order valence-corrected chi connectivity index (χ4v) is 4.30. The minimum atomic E-state index is -1.08. The second kappa shape index (κ2) is 11.8. The Bertz CT molecular complexity index is 835. The predicted octanol–water partition coefficient (Wildman–Crippen LogP) is 3.53. The number of carbonyl (C=O) groups is 3. The monoisotopic (exact) mass is 444 g/mol. The van der Waals surface area contributed by atoms with Crippen molar-refractivity contribution in [3.63, 3.8) is 0 Å². The zero-order chi connectivity index (χ0) is 23.7. The highest BCUT2D eigenvalue weighted by molar-refractivity contribution is 5.87. The molecule has 2 rings (SSSR count). The molecule has 7 nitrogen and oxygen atoms in total. The Kier molecular flexibility index (Phi) is 9.44. The van der Waals surface area contributed by atoms with E-state index in [-0.39, 0.29) is 17.8 Å². The smallest absolute Gasteiger partial charge is 0.335 e. The first-order valence-electron chi connectivity index (χ1n) is 11.4. The van der Waals surface area contributed by atoms with Gasteiger partial charge < -0.3 is 20.1 Å². The molecule has 0 aliphatic carbocycles. The van der Waals surface area contributed by atoms with E-state index in [1.165, 1.54) is 30.6 Å². The summed E-state index contributed by atoms with van der Waals surface area (Å²) < 4.78 is 5.47. The maximum atomic E-state index is 12.2. The van der Waals surface area contributed by atoms with Gasteiger partial charge in [0.25, 0.3) is 0 Å². The van der Waals surface area contributed by atoms with E-state index in [1.54, 1.807) is 19.9 Å². The standard InChI is InChI=1S/C25H36N2O5/c1-5-25(14-6-7-15-27(4)17-25)19-10-8-11-20(16-19)32-22(29)13-9-12-21(28)26-23(18(2)3)24(30)31/h8-11,13,16,18,23H,5-7,12,14-15,17H2,1-4H3,(H,26,28)(H,30,31)/b13-9+/t23-,25?/m0/s1. The maximum Gasteiger partial charge on any atom is 0.335 e. The van der Waals surface area contributed by atoms with E-state index in [0.29, 0.717) is 5.75 Å². The number of hydrogen-bond acceptors (Lipinski definition) is 5. The molecule has 0 saturated carbocycles. The molecular weight excluding hydrogens is 408 g/mol. The van der Waals surface area contributed by atoms with Crippen molar-refractivity contribution in [2.45, 2.75) is 64.3 Å². The van der Waals surface area contributed by atoms with Crippen LogP contribution in [-0.4, -0.2) is 54.0 Å². The first-order valence-corrected chi connectivity index (χ1v) is 11.4. The minimum Gasteiger partial charge on any atom is -0.480 e. The Morgan fingerprint density at radius 3 is 2.69 bits per heavy atom. The van der Waals surface area contributed by atoms with Crippen LogP contribution in [-0.2, 0) is 19.8 Å². The summed E-state index contributed by atoms with van der Waals surface area (Å²) in [5.74, 6) is -1.87. The Hall–Kier alpha value is -2.67. The van der Waals surface area contributed by atoms with Gasteiger partial charge in [-0.1, -0.05) is 45.4 Å². The highest BCUT2D eigenvalue weighted by Gasteiger charge is 2.33. The van der Waals surface area contributed by atoms with E-state index < -0.39 is 23.9 Å². The number of likely N-dealkylation sites (N-methyl/N-ethyl adjacent to an activating group) is 1. The molecule has 1 aliphatic heterocycles. The molecule has 0 spiro atoms. The van der Waals surface area contributed by atoms with Crippen LogP contribution in [0.5, 0.6) is 5.75 Å². The average Bonchev–Trinajstić information content (AvgIpc) is 2.93. The molecule has 7 heteroatoms. The molecule has 32 heavy (non-hydrogen) atoms. The van der Waals surface area contributed by atoms with Crippen LogP contribution in [0.4, 0.5) is 0 Å². The topological polar surface area (TPSA) is 95.9 Å². The van der Waals surface area contributed by atoms with Crippen molar-refractivity contribution >= 4 is 17.8 Å². The quantitative estimate of drug-likeness (QED) is 0.344. The molecule has 2 atom stereocenters. The number of rotatable bonds is 9. The van der Waals surface area contributed by atoms with Crippen LogP contribution >= 0.6 is 0 Å². The molecule has 1 fully saturated rings. The van der Waals surface area contributed by atoms with Gasteiger partial charge in [0.1, 0.15) is 11.8 Å². The fourth-order valence-electron chi connectivity index (χ4n) is 4.30. The van der Waals surface area contributed by atoms with E-state index in [0.717, 1.165) is 25.9 Å². The van der Waals surface area contributed by atoms with Gasteiger partial charge in [0.2, 0.25) is 5.91 Å². The third-order valence-electron chi connectivity index (χ3n) is 6.17. The SMILES string of the molecule is CCC1(c2cccc(OC(=O)/C=C/CC(=O)N[C@H](C(=O)O)C(C)C)c2)CCCCN(C)C1. The van der Waals surface area contributed by atoms with E-state index in [1.807, 2.05) is 12.1 Å². The maximum absolute atomic E-state index is 12.2. The minimum absolute atomic E-state index is 0.0404. The summed E-state index contributed by atoms with van der Waals surface area (Å²) in [6.07, 6.45) is 6.96. The van der Waals surface area contributed by atoms with Crippen molar-refractivity contribution in [3.8, 4) is 5.75 Å². The summed E-state index contributed by atoms with van der Waals surface area (Å²) in [5, 5.41) is 11.6. The van der Waals surface area contributed by atoms with Crippen LogP contribution in [0.3, 0.4) is 0 Å². The summed E-state index contributed by atoms with van der Waals surface area (Å²) in [6.45, 7) is 7.72. The zero-order valence-corrected chi connectivity index (χ0v) is 19.6. The lowest BCUT2D eigenvalue weighted by molar-refractivity contribution is -0.143. The molecule has 1 aromatic carbocycles. The van der Waals surface area contributed by atoms with E-state index in [2.05, 4.69) is 30.3 Å². The van der Waals surface area contributed by atoms with Gasteiger partial charge in [0, 0.05) is 24.5 Å². The lowest BCUT2D eigenvalue weighted by Gasteiger charge is -2.35. The van der Waals surface area contributed by atoms with Crippen molar-refractivity contribution < 1.29 is 24.2 Å². The van der Waals surface area contributed by atoms with Gasteiger partial charge in [0.05, 0.1) is 0 Å². The average molecular weight is 445 g/mol. The summed E-state index contributed by atoms with van der Waals surface area (Å²) in [4.78, 5) is 37.7. The first-order chi connectivity index (χ1) is 15.2. The van der Waals surface area contributed by atoms with Gasteiger partial charge in [-0.3, -0.25) is 4.79 Å². The number of carboxylic acids is 1. The van der Waals surface area contributed by atoms with Gasteiger partial charge in [-0.15, -0.1) is 0 Å². The number of nitrogens with zero attached hydrogens (tertiary/aromatic N) is 1. The number of carboxylic acid groups (broad SMARTS) is 1. The van der Waals surface area contributed by atoms with E-state index in [4.69, 9.17) is 9.84 Å². The Labute approximate surface area is 190 Å². The van der Waals surface area contributed by atoms with Gasteiger partial charge >= 0.3 is 11.9 Å². The van der Waals surface area contributed by atoms with Gasteiger partial charge in [0.15, 0.2) is 0 Å². The van der Waals surface area contributed by atoms with Gasteiger partial charge in [-0.05, 0) is 56.5 Å². The molecule has 176 valence electrons. The lowest BCUT2D eigenvalue weighted by atomic mass is 9.74. The largest absolute Gasteiger partial charge is 0.480 e. The number of aliphatic carboxylic acids is 1. The number of ether oxygens (including phenoxy) is 1. The fraction of sp³-hybridized carbons (Fsp3) is 0.560. The van der Waals surface area contributed by atoms with Crippen LogP contribution in [0.2, 0.25) is 0 Å². The van der Waals surface area contributed by atoms with Crippen molar-refractivity contribution in [3.05, 3.63) is 42.0 Å². The molecule has 0 bridgehead atoms. The molecule has 1 saturated heterocycles. The third-order valence-corrected chi connectivity index (χ3v) is 6.17. The number of esters is 1. The third kappa shape index (κ3) is 7.19. The van der Waals surface area contributed by atoms with E-state index >= 15 is 0 Å². The van der Waals surface area contributed by atoms with Crippen molar-refractivity contribution in [2.24, 2.45) is 5.92 Å². The highest BCUT2D eigenvalue weighted by Crippen LogP contribution is 2.37. The molecule has 1 aliphatic rings. The molecule has 0 radical (unpaired) electrons. The van der Waals surface area contributed by atoms with Crippen LogP contribution in [0, 0.1) is 5.92 Å². The Morgan fingerprint density at radius 2 is 2.03 bits per heavy atom. The number of nitrogens with one attached hydrogen (secondary N) is 1. The molecule has 1 heterocycles. The highest BCUT2D eigenvalue weighted by atomic mass is 16.5. The Morgan fingerprint density at radius 1 is 1.28 bits per heavy atom. The molecule has 2 N–H and O–H groups in total. The van der Waals surface area contributed by atoms with Crippen molar-refractivity contribution in [1.29, 1.82) is 0 Å². The second-order valence-electron chi connectivity index (χ2n) is 9.01.